The van der Waals surface area contributed by atoms with E-state index in [0.29, 0.717) is 0 Å². The minimum absolute atomic E-state index is 0.0176. The largest absolute Gasteiger partial charge is 0.486 e. The van der Waals surface area contributed by atoms with Crippen molar-refractivity contribution >= 4 is 21.7 Å². The lowest BCUT2D eigenvalue weighted by atomic mass is 10.0. The Morgan fingerprint density at radius 3 is 2.61 bits per heavy atom. The standard InChI is InChI=1S/C25H22F3NO6S/c26-13-15-2-1-3-19(10-15)36(33,34)29-14-18(6-8-23(30)25(31)32)35-24-9-4-16(11-22(24)29)20-12-17(27)5-7-21(20)28/h1-5,7,9-12,18,23,30H,6,8,13-14H2,(H,31,32)/t18-,23-/m0/s1. The Kier molecular flexibility index (Phi) is 7.23. The number of carboxylic acids is 1. The number of aliphatic hydroxyl groups excluding tert-OH is 1. The van der Waals surface area contributed by atoms with Crippen LogP contribution in [0.4, 0.5) is 18.9 Å². The second kappa shape index (κ2) is 10.2. The number of anilines is 1. The summed E-state index contributed by atoms with van der Waals surface area (Å²) >= 11 is 0. The van der Waals surface area contributed by atoms with Crippen molar-refractivity contribution < 1.29 is 41.3 Å². The summed E-state index contributed by atoms with van der Waals surface area (Å²) in [6.45, 7) is -1.13. The molecule has 0 fully saturated rings. The van der Waals surface area contributed by atoms with Gasteiger partial charge >= 0.3 is 5.97 Å². The van der Waals surface area contributed by atoms with Gasteiger partial charge in [-0.25, -0.2) is 26.4 Å². The number of benzene rings is 3. The van der Waals surface area contributed by atoms with Crippen molar-refractivity contribution in [2.45, 2.75) is 36.6 Å². The molecule has 0 amide bonds. The van der Waals surface area contributed by atoms with Crippen LogP contribution in [0.1, 0.15) is 18.4 Å². The van der Waals surface area contributed by atoms with Gasteiger partial charge < -0.3 is 14.9 Å². The average Bonchev–Trinajstić information content (AvgIpc) is 2.87. The highest BCUT2D eigenvalue weighted by atomic mass is 32.2. The molecule has 1 aliphatic rings. The van der Waals surface area contributed by atoms with E-state index in [1.807, 2.05) is 0 Å². The molecular formula is C25H22F3NO6S. The summed E-state index contributed by atoms with van der Waals surface area (Å²) in [7, 11) is -4.27. The maximum atomic E-state index is 14.4. The molecule has 11 heteroatoms. The molecule has 7 nitrogen and oxygen atoms in total. The first-order chi connectivity index (χ1) is 17.1. The molecule has 36 heavy (non-hydrogen) atoms. The van der Waals surface area contributed by atoms with Crippen LogP contribution in [0.25, 0.3) is 11.1 Å². The number of carbonyl (C=O) groups is 1. The summed E-state index contributed by atoms with van der Waals surface area (Å²) in [6, 6.07) is 12.5. The van der Waals surface area contributed by atoms with E-state index in [4.69, 9.17) is 9.84 Å². The molecule has 1 heterocycles. The zero-order valence-corrected chi connectivity index (χ0v) is 19.6. The number of aliphatic hydroxyl groups is 1. The van der Waals surface area contributed by atoms with Gasteiger partial charge in [-0.15, -0.1) is 0 Å². The Hall–Kier alpha value is -3.57. The fourth-order valence-electron chi connectivity index (χ4n) is 3.96. The SMILES string of the molecule is O=C(O)[C@@H](O)CC[C@H]1CN(S(=O)(=O)c2cccc(CF)c2)c2cc(-c3cc(F)ccc3F)ccc2O1. The van der Waals surface area contributed by atoms with Gasteiger partial charge in [0.1, 0.15) is 30.2 Å². The average molecular weight is 522 g/mol. The predicted molar refractivity (Wildman–Crippen MR) is 125 cm³/mol. The summed E-state index contributed by atoms with van der Waals surface area (Å²) in [4.78, 5) is 10.8. The third-order valence-corrected chi connectivity index (χ3v) is 7.59. The van der Waals surface area contributed by atoms with Crippen LogP contribution in [0.3, 0.4) is 0 Å². The van der Waals surface area contributed by atoms with Gasteiger partial charge in [0.15, 0.2) is 6.10 Å². The van der Waals surface area contributed by atoms with Crippen molar-refractivity contribution in [2.24, 2.45) is 0 Å². The van der Waals surface area contributed by atoms with Crippen molar-refractivity contribution in [3.8, 4) is 16.9 Å². The number of hydrogen-bond donors (Lipinski definition) is 2. The number of alkyl halides is 1. The molecule has 2 atom stereocenters. The normalized spacial score (nSPS) is 16.2. The molecule has 3 aromatic rings. The number of halogens is 3. The number of hydrogen-bond acceptors (Lipinski definition) is 5. The molecule has 0 saturated carbocycles. The van der Waals surface area contributed by atoms with E-state index in [-0.39, 0.29) is 52.4 Å². The Morgan fingerprint density at radius 1 is 1.11 bits per heavy atom. The maximum absolute atomic E-state index is 14.4. The monoisotopic (exact) mass is 521 g/mol. The Morgan fingerprint density at radius 2 is 1.89 bits per heavy atom. The molecule has 0 aromatic heterocycles. The van der Waals surface area contributed by atoms with Crippen LogP contribution >= 0.6 is 0 Å². The summed E-state index contributed by atoms with van der Waals surface area (Å²) in [5.74, 6) is -2.69. The molecular weight excluding hydrogens is 499 g/mol. The van der Waals surface area contributed by atoms with Crippen molar-refractivity contribution in [2.75, 3.05) is 10.8 Å². The predicted octanol–water partition coefficient (Wildman–Crippen LogP) is 4.28. The van der Waals surface area contributed by atoms with E-state index < -0.39 is 46.5 Å². The highest BCUT2D eigenvalue weighted by Gasteiger charge is 2.35. The Balaban J connectivity index is 1.78. The van der Waals surface area contributed by atoms with E-state index >= 15 is 0 Å². The van der Waals surface area contributed by atoms with E-state index in [1.165, 1.54) is 42.5 Å². The van der Waals surface area contributed by atoms with E-state index in [1.54, 1.807) is 0 Å². The fraction of sp³-hybridized carbons (Fsp3) is 0.240. The third-order valence-electron chi connectivity index (χ3n) is 5.82. The number of carboxylic acid groups (broad SMARTS) is 1. The van der Waals surface area contributed by atoms with Crippen LogP contribution in [0.5, 0.6) is 5.75 Å². The first-order valence-electron chi connectivity index (χ1n) is 10.9. The van der Waals surface area contributed by atoms with Crippen molar-refractivity contribution in [1.82, 2.24) is 0 Å². The van der Waals surface area contributed by atoms with E-state index in [0.717, 1.165) is 22.5 Å². The molecule has 0 spiro atoms. The zero-order valence-electron chi connectivity index (χ0n) is 18.8. The van der Waals surface area contributed by atoms with Crippen LogP contribution < -0.4 is 9.04 Å². The third kappa shape index (κ3) is 5.17. The summed E-state index contributed by atoms with van der Waals surface area (Å²) < 4.78 is 75.6. The minimum atomic E-state index is -4.27. The molecule has 4 rings (SSSR count). The van der Waals surface area contributed by atoms with Gasteiger partial charge in [0.2, 0.25) is 0 Å². The molecule has 0 saturated heterocycles. The maximum Gasteiger partial charge on any atom is 0.332 e. The first-order valence-corrected chi connectivity index (χ1v) is 12.4. The van der Waals surface area contributed by atoms with E-state index in [9.17, 15) is 31.5 Å². The van der Waals surface area contributed by atoms with Crippen LogP contribution in [-0.4, -0.2) is 43.4 Å². The van der Waals surface area contributed by atoms with Gasteiger partial charge in [0.05, 0.1) is 17.1 Å². The molecule has 0 radical (unpaired) electrons. The second-order valence-corrected chi connectivity index (χ2v) is 10.2. The zero-order chi connectivity index (χ0) is 26.0. The van der Waals surface area contributed by atoms with Crippen LogP contribution in [0.15, 0.2) is 65.6 Å². The molecule has 3 aromatic carbocycles. The number of aliphatic carboxylic acids is 1. The second-order valence-electron chi connectivity index (χ2n) is 8.30. The molecule has 0 bridgehead atoms. The molecule has 2 N–H and O–H groups in total. The topological polar surface area (TPSA) is 104 Å². The van der Waals surface area contributed by atoms with Gasteiger partial charge in [-0.05, 0) is 66.4 Å². The highest BCUT2D eigenvalue weighted by molar-refractivity contribution is 7.92. The molecule has 190 valence electrons. The first kappa shape index (κ1) is 25.5. The van der Waals surface area contributed by atoms with Crippen molar-refractivity contribution in [3.05, 3.63) is 77.9 Å². The number of sulfonamides is 1. The van der Waals surface area contributed by atoms with Gasteiger partial charge in [-0.2, -0.15) is 0 Å². The quantitative estimate of drug-likeness (QED) is 0.459. The summed E-state index contributed by atoms with van der Waals surface area (Å²) in [6.07, 6.45) is -2.64. The van der Waals surface area contributed by atoms with Crippen LogP contribution in [0, 0.1) is 11.6 Å². The van der Waals surface area contributed by atoms with Gasteiger partial charge in [0, 0.05) is 5.56 Å². The number of ether oxygens (including phenoxy) is 1. The Bertz CT molecular complexity index is 1400. The van der Waals surface area contributed by atoms with E-state index in [2.05, 4.69) is 0 Å². The van der Waals surface area contributed by atoms with Gasteiger partial charge in [0.25, 0.3) is 10.0 Å². The summed E-state index contributed by atoms with van der Waals surface area (Å²) in [5, 5.41) is 18.6. The number of rotatable bonds is 8. The molecule has 0 unspecified atom stereocenters. The lowest BCUT2D eigenvalue weighted by Gasteiger charge is -2.36. The minimum Gasteiger partial charge on any atom is -0.486 e. The van der Waals surface area contributed by atoms with Crippen LogP contribution in [-0.2, 0) is 21.5 Å². The smallest absolute Gasteiger partial charge is 0.332 e. The molecule has 1 aliphatic heterocycles. The lowest BCUT2D eigenvalue weighted by Crippen LogP contribution is -2.44. The van der Waals surface area contributed by atoms with Crippen molar-refractivity contribution in [1.29, 1.82) is 0 Å². The number of fused-ring (bicyclic) bond motifs is 1. The summed E-state index contributed by atoms with van der Waals surface area (Å²) in [5.41, 5.74) is 0.325. The highest BCUT2D eigenvalue weighted by Crippen LogP contribution is 2.41. The van der Waals surface area contributed by atoms with Gasteiger partial charge in [-0.3, -0.25) is 4.31 Å². The molecule has 0 aliphatic carbocycles. The Labute approximate surface area is 205 Å². The fourth-order valence-corrected chi connectivity index (χ4v) is 5.53. The lowest BCUT2D eigenvalue weighted by molar-refractivity contribution is -0.147. The van der Waals surface area contributed by atoms with Gasteiger partial charge in [-0.1, -0.05) is 18.2 Å². The van der Waals surface area contributed by atoms with Crippen LogP contribution in [0.2, 0.25) is 0 Å². The number of nitrogens with zero attached hydrogens (tertiary/aromatic N) is 1. The van der Waals surface area contributed by atoms with Crippen molar-refractivity contribution in [3.63, 3.8) is 0 Å².